The molecule has 0 radical (unpaired) electrons. The second-order valence-electron chi connectivity index (χ2n) is 1.77. The Labute approximate surface area is 52.5 Å². The van der Waals surface area contributed by atoms with Gasteiger partial charge in [0.15, 0.2) is 0 Å². The largest absolute Gasteiger partial charge is 0.162 e. The van der Waals surface area contributed by atoms with Gasteiger partial charge in [-0.2, -0.15) is 11.8 Å². The van der Waals surface area contributed by atoms with E-state index in [1.807, 2.05) is 6.26 Å². The Morgan fingerprint density at radius 3 is 3.00 bits per heavy atom. The number of thioether (sulfide) groups is 1. The second-order valence-corrected chi connectivity index (χ2v) is 2.70. The molecule has 0 heterocycles. The molecule has 1 aliphatic rings. The van der Waals surface area contributed by atoms with Gasteiger partial charge in [-0.1, -0.05) is 12.8 Å². The highest BCUT2D eigenvalue weighted by Gasteiger charge is 2.11. The van der Waals surface area contributed by atoms with Crippen molar-refractivity contribution in [3.8, 4) is 0 Å². The minimum Gasteiger partial charge on any atom is -0.162 e. The van der Waals surface area contributed by atoms with Crippen LogP contribution in [0.3, 0.4) is 0 Å². The van der Waals surface area contributed by atoms with Gasteiger partial charge in [0.05, 0.1) is 0 Å². The van der Waals surface area contributed by atoms with Gasteiger partial charge in [-0.15, -0.1) is 0 Å². The van der Waals surface area contributed by atoms with Crippen molar-refractivity contribution in [2.75, 3.05) is 6.26 Å². The summed E-state index contributed by atoms with van der Waals surface area (Å²) in [5.74, 6) is 0. The van der Waals surface area contributed by atoms with Gasteiger partial charge < -0.3 is 0 Å². The molecule has 2 atom stereocenters. The molecule has 0 aromatic carbocycles. The molecule has 7 heavy (non-hydrogen) atoms. The van der Waals surface area contributed by atoms with Crippen LogP contribution in [-0.4, -0.2) is 11.5 Å². The Morgan fingerprint density at radius 1 is 1.86 bits per heavy atom. The fourth-order valence-electron chi connectivity index (χ4n) is 0.827. The molecule has 42 valence electrons. The first-order valence-corrected chi connectivity index (χ1v) is 3.89. The van der Waals surface area contributed by atoms with E-state index in [1.54, 1.807) is 0 Å². The Bertz CT molecular complexity index is 107. The van der Waals surface area contributed by atoms with Crippen molar-refractivity contribution in [1.29, 1.82) is 0 Å². The smallest absolute Gasteiger partial charge is 0.0417 e. The molecule has 1 saturated carbocycles. The van der Waals surface area contributed by atoms with Crippen molar-refractivity contribution in [3.63, 3.8) is 0 Å². The van der Waals surface area contributed by atoms with E-state index in [9.17, 15) is 0 Å². The summed E-state index contributed by atoms with van der Waals surface area (Å²) < 4.78 is 15.2. The van der Waals surface area contributed by atoms with E-state index < -0.39 is 5.23 Å². The third-order valence-corrected chi connectivity index (χ3v) is 2.16. The molecule has 2 unspecified atom stereocenters. The van der Waals surface area contributed by atoms with Crippen LogP contribution in [0, 0.1) is 0 Å². The highest BCUT2D eigenvalue weighted by Crippen LogP contribution is 2.26. The fraction of sp³-hybridized carbons (Fsp3) is 1.00. The molecule has 0 amide bonds. The molecular formula is C6H12S. The second kappa shape index (κ2) is 2.61. The average molecular weight is 118 g/mol. The lowest BCUT2D eigenvalue weighted by atomic mass is 10.4. The normalized spacial score (nSPS) is 56.4. The van der Waals surface area contributed by atoms with E-state index in [1.165, 1.54) is 11.8 Å². The summed E-state index contributed by atoms with van der Waals surface area (Å²) in [5, 5.41) is -0.472. The third-order valence-electron chi connectivity index (χ3n) is 1.26. The highest BCUT2D eigenvalue weighted by molar-refractivity contribution is 7.99. The molecule has 0 nitrogen and oxygen atoms in total. The summed E-state index contributed by atoms with van der Waals surface area (Å²) in [4.78, 5) is 0. The predicted octanol–water partition coefficient (Wildman–Crippen LogP) is 2.29. The van der Waals surface area contributed by atoms with Gasteiger partial charge in [-0.3, -0.25) is 0 Å². The molecule has 0 spiro atoms. The Morgan fingerprint density at radius 2 is 2.71 bits per heavy atom. The van der Waals surface area contributed by atoms with Crippen LogP contribution in [0.25, 0.3) is 0 Å². The molecule has 0 aliphatic heterocycles. The van der Waals surface area contributed by atoms with E-state index in [0.29, 0.717) is 0 Å². The van der Waals surface area contributed by atoms with E-state index in [2.05, 4.69) is 0 Å². The highest BCUT2D eigenvalue weighted by atomic mass is 32.2. The first-order chi connectivity index (χ1) is 4.19. The lowest BCUT2D eigenvalue weighted by Crippen LogP contribution is -1.89. The van der Waals surface area contributed by atoms with Crippen LogP contribution in [0.5, 0.6) is 0 Å². The third kappa shape index (κ3) is 1.37. The SMILES string of the molecule is [2H]C1CCCC1([2H])SC. The van der Waals surface area contributed by atoms with Gasteiger partial charge in [-0.25, -0.2) is 0 Å². The van der Waals surface area contributed by atoms with Gasteiger partial charge in [0.1, 0.15) is 0 Å². The predicted molar refractivity (Wildman–Crippen MR) is 35.8 cm³/mol. The molecule has 1 fully saturated rings. The first kappa shape index (κ1) is 3.39. The fourth-order valence-corrected chi connectivity index (χ4v) is 1.46. The summed E-state index contributed by atoms with van der Waals surface area (Å²) in [6, 6.07) is 0. The molecular weight excluding hydrogens is 104 g/mol. The van der Waals surface area contributed by atoms with Crippen LogP contribution in [-0.2, 0) is 0 Å². The molecule has 1 rings (SSSR count). The lowest BCUT2D eigenvalue weighted by molar-refractivity contribution is 0.886. The van der Waals surface area contributed by atoms with E-state index >= 15 is 0 Å². The Balaban J connectivity index is 2.56. The Hall–Kier alpha value is 0.350. The first-order valence-electron chi connectivity index (χ1n) is 3.74. The average Bonchev–Trinajstić information content (AvgIpc) is 2.15. The maximum Gasteiger partial charge on any atom is 0.0417 e. The maximum atomic E-state index is 7.71. The van der Waals surface area contributed by atoms with Gasteiger partial charge >= 0.3 is 0 Å². The zero-order valence-corrected chi connectivity index (χ0v) is 5.42. The quantitative estimate of drug-likeness (QED) is 0.509. The lowest BCUT2D eigenvalue weighted by Gasteiger charge is -1.99. The van der Waals surface area contributed by atoms with E-state index in [0.717, 1.165) is 19.3 Å². The van der Waals surface area contributed by atoms with Crippen LogP contribution < -0.4 is 0 Å². The number of hydrogen-bond donors (Lipinski definition) is 0. The molecule has 0 bridgehead atoms. The molecule has 0 saturated heterocycles. The monoisotopic (exact) mass is 118 g/mol. The molecule has 0 N–H and O–H groups in total. The van der Waals surface area contributed by atoms with Crippen LogP contribution >= 0.6 is 11.8 Å². The minimum absolute atomic E-state index is 0.146. The van der Waals surface area contributed by atoms with Gasteiger partial charge in [0, 0.05) is 7.97 Å². The van der Waals surface area contributed by atoms with Gasteiger partial charge in [0.2, 0.25) is 0 Å². The maximum absolute atomic E-state index is 7.71. The van der Waals surface area contributed by atoms with Crippen molar-refractivity contribution in [2.45, 2.75) is 30.9 Å². The van der Waals surface area contributed by atoms with Crippen LogP contribution in [0.2, 0.25) is 0 Å². The van der Waals surface area contributed by atoms with E-state index in [-0.39, 0.29) is 6.40 Å². The molecule has 0 aromatic heterocycles. The zero-order chi connectivity index (χ0) is 6.91. The van der Waals surface area contributed by atoms with Crippen molar-refractivity contribution in [2.24, 2.45) is 0 Å². The van der Waals surface area contributed by atoms with Crippen molar-refractivity contribution in [3.05, 3.63) is 0 Å². The van der Waals surface area contributed by atoms with Crippen LogP contribution in [0.4, 0.5) is 0 Å². The van der Waals surface area contributed by atoms with Crippen LogP contribution in [0.15, 0.2) is 0 Å². The van der Waals surface area contributed by atoms with Crippen molar-refractivity contribution >= 4 is 11.8 Å². The molecule has 1 heteroatoms. The van der Waals surface area contributed by atoms with Crippen LogP contribution in [0.1, 0.15) is 28.4 Å². The Kier molecular flexibility index (Phi) is 1.26. The number of hydrogen-bond acceptors (Lipinski definition) is 1. The van der Waals surface area contributed by atoms with Gasteiger partial charge in [-0.05, 0) is 19.1 Å². The summed E-state index contributed by atoms with van der Waals surface area (Å²) in [6.07, 6.45) is 4.68. The summed E-state index contributed by atoms with van der Waals surface area (Å²) in [6.45, 7) is 0. The summed E-state index contributed by atoms with van der Waals surface area (Å²) >= 11 is 1.52. The standard InChI is InChI=1S/C6H12S/c1-7-6-4-2-3-5-6/h6H,2-5H2,1H3/i4D,6D. The summed E-state index contributed by atoms with van der Waals surface area (Å²) in [7, 11) is 0. The van der Waals surface area contributed by atoms with Gasteiger partial charge in [0.25, 0.3) is 0 Å². The zero-order valence-electron chi connectivity index (χ0n) is 6.61. The summed E-state index contributed by atoms with van der Waals surface area (Å²) in [5.41, 5.74) is 0. The number of rotatable bonds is 1. The molecule has 0 aromatic rings. The van der Waals surface area contributed by atoms with Crippen molar-refractivity contribution < 1.29 is 2.74 Å². The minimum atomic E-state index is -0.472. The molecule has 1 aliphatic carbocycles. The van der Waals surface area contributed by atoms with Crippen molar-refractivity contribution in [1.82, 2.24) is 0 Å². The topological polar surface area (TPSA) is 0 Å². The van der Waals surface area contributed by atoms with E-state index in [4.69, 9.17) is 2.74 Å².